The highest BCUT2D eigenvalue weighted by molar-refractivity contribution is 9.11. The number of hydrogen-bond acceptors (Lipinski definition) is 2. The number of nitrogens with two attached hydrogens (primary N) is 1. The predicted molar refractivity (Wildman–Crippen MR) is 67.2 cm³/mol. The lowest BCUT2D eigenvalue weighted by Gasteiger charge is -2.12. The summed E-state index contributed by atoms with van der Waals surface area (Å²) in [6.45, 7) is 3.58. The maximum absolute atomic E-state index is 5.52. The van der Waals surface area contributed by atoms with Crippen LogP contribution in [0.1, 0.15) is 12.5 Å². The Hall–Kier alpha value is 0.1000. The first-order chi connectivity index (χ1) is 6.63. The summed E-state index contributed by atoms with van der Waals surface area (Å²) < 4.78 is 2.20. The normalized spacial score (nSPS) is 12.9. The Labute approximate surface area is 102 Å². The molecule has 1 rings (SSSR count). The molecule has 4 heteroatoms. The fraction of sp³-hybridized carbons (Fsp3) is 0.400. The smallest absolute Gasteiger partial charge is 0.0231 e. The van der Waals surface area contributed by atoms with Crippen molar-refractivity contribution in [3.8, 4) is 0 Å². The van der Waals surface area contributed by atoms with Gasteiger partial charge in [-0.3, -0.25) is 0 Å². The van der Waals surface area contributed by atoms with E-state index in [1.807, 2.05) is 12.1 Å². The molecule has 0 unspecified atom stereocenters. The number of benzene rings is 1. The van der Waals surface area contributed by atoms with Crippen molar-refractivity contribution in [1.29, 1.82) is 0 Å². The molecule has 0 bridgehead atoms. The zero-order chi connectivity index (χ0) is 10.6. The molecule has 78 valence electrons. The van der Waals surface area contributed by atoms with Crippen LogP contribution >= 0.6 is 31.9 Å². The molecule has 0 radical (unpaired) electrons. The van der Waals surface area contributed by atoms with Crippen molar-refractivity contribution in [2.75, 3.05) is 6.54 Å². The average molecular weight is 322 g/mol. The van der Waals surface area contributed by atoms with Crippen molar-refractivity contribution in [3.05, 3.63) is 32.7 Å². The second-order valence-electron chi connectivity index (χ2n) is 3.25. The summed E-state index contributed by atoms with van der Waals surface area (Å²) >= 11 is 6.94. The molecule has 0 aromatic heterocycles. The van der Waals surface area contributed by atoms with Gasteiger partial charge in [-0.05, 0) is 24.6 Å². The molecule has 0 saturated heterocycles. The summed E-state index contributed by atoms with van der Waals surface area (Å²) in [4.78, 5) is 0. The molecule has 0 spiro atoms. The van der Waals surface area contributed by atoms with Gasteiger partial charge in [-0.1, -0.05) is 37.9 Å². The Balaban J connectivity index is 2.59. The van der Waals surface area contributed by atoms with E-state index in [1.165, 1.54) is 5.56 Å². The van der Waals surface area contributed by atoms with Gasteiger partial charge in [0, 0.05) is 28.1 Å². The molecule has 0 aliphatic rings. The summed E-state index contributed by atoms with van der Waals surface area (Å²) in [5, 5.41) is 3.34. The van der Waals surface area contributed by atoms with E-state index in [1.54, 1.807) is 0 Å². The third-order valence-corrected chi connectivity index (χ3v) is 3.24. The maximum Gasteiger partial charge on any atom is 0.0231 e. The quantitative estimate of drug-likeness (QED) is 0.894. The second kappa shape index (κ2) is 5.85. The van der Waals surface area contributed by atoms with Crippen LogP contribution < -0.4 is 11.1 Å². The van der Waals surface area contributed by atoms with Crippen molar-refractivity contribution in [1.82, 2.24) is 5.32 Å². The topological polar surface area (TPSA) is 38.0 Å². The molecule has 0 fully saturated rings. The molecule has 0 aliphatic heterocycles. The van der Waals surface area contributed by atoms with E-state index in [9.17, 15) is 0 Å². The minimum atomic E-state index is 0.352. The van der Waals surface area contributed by atoms with Crippen LogP contribution in [0.2, 0.25) is 0 Å². The Morgan fingerprint density at radius 1 is 1.43 bits per heavy atom. The molecule has 1 aromatic rings. The summed E-state index contributed by atoms with van der Waals surface area (Å²) in [7, 11) is 0. The van der Waals surface area contributed by atoms with E-state index in [0.29, 0.717) is 12.6 Å². The summed E-state index contributed by atoms with van der Waals surface area (Å²) in [6, 6.07) is 6.52. The zero-order valence-electron chi connectivity index (χ0n) is 8.06. The van der Waals surface area contributed by atoms with Crippen LogP contribution in [0.5, 0.6) is 0 Å². The second-order valence-corrected chi connectivity index (χ2v) is 5.02. The standard InChI is InChI=1S/C10H14Br2N2/c1-7(5-13)14-6-8-2-3-9(11)4-10(8)12/h2-4,7,14H,5-6,13H2,1H3/t7-/m0/s1. The first kappa shape index (κ1) is 12.2. The predicted octanol–water partition coefficient (Wildman–Crippen LogP) is 2.65. The molecule has 0 aliphatic carbocycles. The molecule has 0 amide bonds. The van der Waals surface area contributed by atoms with E-state index in [-0.39, 0.29) is 0 Å². The lowest BCUT2D eigenvalue weighted by Crippen LogP contribution is -2.32. The van der Waals surface area contributed by atoms with Crippen LogP contribution in [-0.4, -0.2) is 12.6 Å². The number of hydrogen-bond donors (Lipinski definition) is 2. The number of halogens is 2. The van der Waals surface area contributed by atoms with Crippen LogP contribution in [0.3, 0.4) is 0 Å². The number of rotatable bonds is 4. The van der Waals surface area contributed by atoms with Crippen LogP contribution in [0.25, 0.3) is 0 Å². The SMILES string of the molecule is C[C@@H](CN)NCc1ccc(Br)cc1Br. The van der Waals surface area contributed by atoms with Gasteiger partial charge < -0.3 is 11.1 Å². The van der Waals surface area contributed by atoms with E-state index in [4.69, 9.17) is 5.73 Å². The minimum Gasteiger partial charge on any atom is -0.329 e. The van der Waals surface area contributed by atoms with Gasteiger partial charge in [0.15, 0.2) is 0 Å². The van der Waals surface area contributed by atoms with Crippen molar-refractivity contribution >= 4 is 31.9 Å². The highest BCUT2D eigenvalue weighted by atomic mass is 79.9. The van der Waals surface area contributed by atoms with E-state index < -0.39 is 0 Å². The van der Waals surface area contributed by atoms with Crippen molar-refractivity contribution in [2.45, 2.75) is 19.5 Å². The van der Waals surface area contributed by atoms with Crippen molar-refractivity contribution in [2.24, 2.45) is 5.73 Å². The van der Waals surface area contributed by atoms with Gasteiger partial charge in [0.2, 0.25) is 0 Å². The molecule has 1 aromatic carbocycles. The fourth-order valence-corrected chi connectivity index (χ4v) is 2.22. The van der Waals surface area contributed by atoms with Gasteiger partial charge in [0.05, 0.1) is 0 Å². The van der Waals surface area contributed by atoms with Crippen molar-refractivity contribution in [3.63, 3.8) is 0 Å². The third-order valence-electron chi connectivity index (χ3n) is 2.01. The highest BCUT2D eigenvalue weighted by Gasteiger charge is 2.02. The van der Waals surface area contributed by atoms with Gasteiger partial charge in [0.1, 0.15) is 0 Å². The Morgan fingerprint density at radius 2 is 2.14 bits per heavy atom. The molecular weight excluding hydrogens is 308 g/mol. The third kappa shape index (κ3) is 3.69. The zero-order valence-corrected chi connectivity index (χ0v) is 11.2. The first-order valence-corrected chi connectivity index (χ1v) is 6.09. The van der Waals surface area contributed by atoms with Gasteiger partial charge in [-0.15, -0.1) is 0 Å². The first-order valence-electron chi connectivity index (χ1n) is 4.51. The maximum atomic E-state index is 5.52. The van der Waals surface area contributed by atoms with Crippen molar-refractivity contribution < 1.29 is 0 Å². The molecule has 0 heterocycles. The monoisotopic (exact) mass is 320 g/mol. The summed E-state index contributed by atoms with van der Waals surface area (Å²) in [6.07, 6.45) is 0. The molecule has 2 nitrogen and oxygen atoms in total. The molecular formula is C10H14Br2N2. The lowest BCUT2D eigenvalue weighted by molar-refractivity contribution is 0.555. The Kier molecular flexibility index (Phi) is 5.09. The van der Waals surface area contributed by atoms with Crippen LogP contribution in [0, 0.1) is 0 Å². The average Bonchev–Trinajstić information content (AvgIpc) is 2.16. The minimum absolute atomic E-state index is 0.352. The van der Waals surface area contributed by atoms with E-state index in [0.717, 1.165) is 15.5 Å². The fourth-order valence-electron chi connectivity index (χ4n) is 1.03. The molecule has 14 heavy (non-hydrogen) atoms. The lowest BCUT2D eigenvalue weighted by atomic mass is 10.2. The largest absolute Gasteiger partial charge is 0.329 e. The van der Waals surface area contributed by atoms with Gasteiger partial charge in [-0.25, -0.2) is 0 Å². The molecule has 3 N–H and O–H groups in total. The Bertz CT molecular complexity index is 302. The van der Waals surface area contributed by atoms with E-state index >= 15 is 0 Å². The van der Waals surface area contributed by atoms with E-state index in [2.05, 4.69) is 50.2 Å². The summed E-state index contributed by atoms with van der Waals surface area (Å²) in [5.41, 5.74) is 6.76. The van der Waals surface area contributed by atoms with Crippen LogP contribution in [0.4, 0.5) is 0 Å². The van der Waals surface area contributed by atoms with Gasteiger partial charge in [-0.2, -0.15) is 0 Å². The van der Waals surface area contributed by atoms with Crippen LogP contribution in [0.15, 0.2) is 27.1 Å². The molecule has 0 saturated carbocycles. The van der Waals surface area contributed by atoms with Crippen LogP contribution in [-0.2, 0) is 6.54 Å². The highest BCUT2D eigenvalue weighted by Crippen LogP contribution is 2.21. The Morgan fingerprint density at radius 3 is 2.71 bits per heavy atom. The number of nitrogens with one attached hydrogen (secondary N) is 1. The summed E-state index contributed by atoms with van der Waals surface area (Å²) in [5.74, 6) is 0. The molecule has 1 atom stereocenters. The van der Waals surface area contributed by atoms with Gasteiger partial charge >= 0.3 is 0 Å². The van der Waals surface area contributed by atoms with Gasteiger partial charge in [0.25, 0.3) is 0 Å².